The molecule has 0 amide bonds. The lowest BCUT2D eigenvalue weighted by atomic mass is 9.95. The molecule has 2 heterocycles. The molecule has 33 heavy (non-hydrogen) atoms. The Bertz CT molecular complexity index is 1360. The molecule has 1 aliphatic heterocycles. The van der Waals surface area contributed by atoms with Crippen molar-refractivity contribution >= 4 is 40.9 Å². The van der Waals surface area contributed by atoms with Gasteiger partial charge in [-0.05, 0) is 42.0 Å². The van der Waals surface area contributed by atoms with Crippen molar-refractivity contribution < 1.29 is 9.53 Å². The van der Waals surface area contributed by atoms with Gasteiger partial charge in [-0.3, -0.25) is 5.32 Å². The molecule has 1 aliphatic rings. The molecule has 4 rings (SSSR count). The van der Waals surface area contributed by atoms with Crippen molar-refractivity contribution in [1.82, 2.24) is 10.3 Å². The first-order valence-corrected chi connectivity index (χ1v) is 9.85. The maximum atomic E-state index is 12.3. The number of fused-ring (bicyclic) bond motifs is 1. The van der Waals surface area contributed by atoms with Crippen LogP contribution in [0.4, 0.5) is 17.3 Å². The second-order valence-electron chi connectivity index (χ2n) is 6.87. The summed E-state index contributed by atoms with van der Waals surface area (Å²) in [5, 5.41) is 24.2. The number of aliphatic imine (C=N–C) groups is 1. The summed E-state index contributed by atoms with van der Waals surface area (Å²) in [4.78, 5) is 21.0. The fourth-order valence-corrected chi connectivity index (χ4v) is 3.42. The molecule has 0 bridgehead atoms. The highest BCUT2D eigenvalue weighted by Gasteiger charge is 2.29. The van der Waals surface area contributed by atoms with Gasteiger partial charge < -0.3 is 21.5 Å². The van der Waals surface area contributed by atoms with E-state index in [0.29, 0.717) is 27.5 Å². The van der Waals surface area contributed by atoms with E-state index in [0.717, 1.165) is 0 Å². The molecule has 0 fully saturated rings. The summed E-state index contributed by atoms with van der Waals surface area (Å²) < 4.78 is 5.41. The normalized spacial score (nSPS) is 14.0. The van der Waals surface area contributed by atoms with Crippen LogP contribution in [0.1, 0.15) is 33.1 Å². The Hall–Kier alpha value is -4.80. The molecule has 0 aliphatic carbocycles. The minimum atomic E-state index is -0.696. The Kier molecular flexibility index (Phi) is 5.68. The molecule has 0 saturated carbocycles. The minimum absolute atomic E-state index is 0.0392. The number of ether oxygens (including phenoxy) is 1. The van der Waals surface area contributed by atoms with Gasteiger partial charge in [-0.25, -0.2) is 14.8 Å². The van der Waals surface area contributed by atoms with Crippen LogP contribution in [0.2, 0.25) is 5.02 Å². The van der Waals surface area contributed by atoms with E-state index in [-0.39, 0.29) is 28.8 Å². The van der Waals surface area contributed by atoms with Gasteiger partial charge in [0, 0.05) is 10.6 Å². The smallest absolute Gasteiger partial charge is 0.343 e. The minimum Gasteiger partial charge on any atom is -0.423 e. The van der Waals surface area contributed by atoms with Crippen LogP contribution in [-0.4, -0.2) is 16.9 Å². The lowest BCUT2D eigenvalue weighted by Gasteiger charge is -2.26. The van der Waals surface area contributed by atoms with Crippen LogP contribution in [0.15, 0.2) is 53.5 Å². The maximum Gasteiger partial charge on any atom is 0.343 e. The largest absolute Gasteiger partial charge is 0.423 e. The Balaban J connectivity index is 1.67. The molecular weight excluding hydrogens is 444 g/mol. The number of guanidine groups is 1. The summed E-state index contributed by atoms with van der Waals surface area (Å²) in [7, 11) is 0. The summed E-state index contributed by atoms with van der Waals surface area (Å²) in [6.07, 6.45) is 1.79. The number of nitrogen functional groups attached to an aromatic ring is 2. The van der Waals surface area contributed by atoms with E-state index in [1.807, 2.05) is 6.07 Å². The number of nitriles is 2. The van der Waals surface area contributed by atoms with Gasteiger partial charge >= 0.3 is 5.97 Å². The number of halogens is 1. The van der Waals surface area contributed by atoms with Crippen molar-refractivity contribution in [3.05, 3.63) is 75.8 Å². The fourth-order valence-electron chi connectivity index (χ4n) is 3.29. The maximum absolute atomic E-state index is 12.3. The molecular formula is C22H15ClN8O2. The number of aromatic nitrogens is 1. The van der Waals surface area contributed by atoms with Gasteiger partial charge in [0.25, 0.3) is 0 Å². The van der Waals surface area contributed by atoms with Gasteiger partial charge in [0.05, 0.1) is 11.3 Å². The SMILES string of the molecule is N#CNC1=NC(c2ccc(OC(=O)c3ccc(Cl)cc3)cc2)c2c(nc(N)c(C#N)c2N)N1. The van der Waals surface area contributed by atoms with Gasteiger partial charge in [0.2, 0.25) is 5.96 Å². The van der Waals surface area contributed by atoms with E-state index in [1.165, 1.54) is 0 Å². The van der Waals surface area contributed by atoms with Crippen LogP contribution in [0.25, 0.3) is 0 Å². The molecule has 2 aromatic carbocycles. The third kappa shape index (κ3) is 4.19. The molecule has 10 nitrogen and oxygen atoms in total. The van der Waals surface area contributed by atoms with E-state index in [9.17, 15) is 10.1 Å². The third-order valence-corrected chi connectivity index (χ3v) is 5.10. The third-order valence-electron chi connectivity index (χ3n) is 4.84. The number of rotatable bonds is 3. The molecule has 162 valence electrons. The average Bonchev–Trinajstić information content (AvgIpc) is 2.80. The number of carbonyl (C=O) groups excluding carboxylic acids is 1. The van der Waals surface area contributed by atoms with Gasteiger partial charge in [0.15, 0.2) is 6.19 Å². The van der Waals surface area contributed by atoms with E-state index in [1.54, 1.807) is 54.7 Å². The van der Waals surface area contributed by atoms with Crippen molar-refractivity contribution in [2.45, 2.75) is 6.04 Å². The predicted octanol–water partition coefficient (Wildman–Crippen LogP) is 2.93. The number of hydrogen-bond acceptors (Lipinski definition) is 10. The Morgan fingerprint density at radius 1 is 1.12 bits per heavy atom. The monoisotopic (exact) mass is 458 g/mol. The van der Waals surface area contributed by atoms with Crippen molar-refractivity contribution in [2.24, 2.45) is 4.99 Å². The quantitative estimate of drug-likeness (QED) is 0.199. The Morgan fingerprint density at radius 2 is 1.82 bits per heavy atom. The lowest BCUT2D eigenvalue weighted by molar-refractivity contribution is 0.0734. The molecule has 6 N–H and O–H groups in total. The molecule has 0 spiro atoms. The number of esters is 1. The van der Waals surface area contributed by atoms with Crippen LogP contribution in [-0.2, 0) is 0 Å². The average molecular weight is 459 g/mol. The first-order chi connectivity index (χ1) is 15.9. The molecule has 0 saturated heterocycles. The number of nitrogens with two attached hydrogens (primary N) is 2. The molecule has 1 atom stereocenters. The lowest BCUT2D eigenvalue weighted by Crippen LogP contribution is -2.32. The van der Waals surface area contributed by atoms with Crippen molar-refractivity contribution in [1.29, 1.82) is 10.5 Å². The number of pyridine rings is 1. The fraction of sp³-hybridized carbons (Fsp3) is 0.0455. The highest BCUT2D eigenvalue weighted by atomic mass is 35.5. The summed E-state index contributed by atoms with van der Waals surface area (Å²) in [6, 6.07) is 14.2. The van der Waals surface area contributed by atoms with E-state index in [2.05, 4.69) is 20.6 Å². The second-order valence-corrected chi connectivity index (χ2v) is 7.30. The zero-order valence-electron chi connectivity index (χ0n) is 16.8. The topological polar surface area (TPSA) is 175 Å². The van der Waals surface area contributed by atoms with Crippen molar-refractivity contribution in [3.8, 4) is 18.0 Å². The predicted molar refractivity (Wildman–Crippen MR) is 122 cm³/mol. The molecule has 1 aromatic heterocycles. The number of hydrogen-bond donors (Lipinski definition) is 4. The van der Waals surface area contributed by atoms with Gasteiger partial charge in [-0.15, -0.1) is 0 Å². The van der Waals surface area contributed by atoms with E-state index < -0.39 is 12.0 Å². The standard InChI is InChI=1S/C22H15ClN8O2/c23-13-5-1-12(2-6-13)21(32)33-14-7-3-11(4-8-14)18-16-17(26)15(9-24)19(27)30-20(16)31-22(29-18)28-10-25/h1-8,18H,(H6,26,27,28,29,30,31). The van der Waals surface area contributed by atoms with Crippen LogP contribution in [0, 0.1) is 22.8 Å². The molecule has 1 unspecified atom stereocenters. The van der Waals surface area contributed by atoms with Crippen molar-refractivity contribution in [3.63, 3.8) is 0 Å². The Morgan fingerprint density at radius 3 is 2.45 bits per heavy atom. The van der Waals surface area contributed by atoms with Gasteiger partial charge in [0.1, 0.15) is 35.1 Å². The molecule has 0 radical (unpaired) electrons. The Labute approximate surface area is 193 Å². The summed E-state index contributed by atoms with van der Waals surface area (Å²) in [5.41, 5.74) is 13.7. The highest BCUT2D eigenvalue weighted by Crippen LogP contribution is 2.40. The van der Waals surface area contributed by atoms with Crippen LogP contribution in [0.3, 0.4) is 0 Å². The zero-order chi connectivity index (χ0) is 23.5. The number of carbonyl (C=O) groups is 1. The number of benzene rings is 2. The van der Waals surface area contributed by atoms with E-state index in [4.69, 9.17) is 33.1 Å². The second kappa shape index (κ2) is 8.75. The first kappa shape index (κ1) is 21.4. The van der Waals surface area contributed by atoms with Gasteiger partial charge in [-0.2, -0.15) is 10.5 Å². The highest BCUT2D eigenvalue weighted by molar-refractivity contribution is 6.30. The van der Waals surface area contributed by atoms with Crippen molar-refractivity contribution in [2.75, 3.05) is 16.8 Å². The zero-order valence-corrected chi connectivity index (χ0v) is 17.6. The van der Waals surface area contributed by atoms with Crippen LogP contribution < -0.4 is 26.8 Å². The summed E-state index contributed by atoms with van der Waals surface area (Å²) in [6.45, 7) is 0. The molecule has 11 heteroatoms. The number of nitrogens with zero attached hydrogens (tertiary/aromatic N) is 4. The van der Waals surface area contributed by atoms with Crippen LogP contribution in [0.5, 0.6) is 5.75 Å². The van der Waals surface area contributed by atoms with E-state index >= 15 is 0 Å². The molecule has 3 aromatic rings. The summed E-state index contributed by atoms with van der Waals surface area (Å²) in [5.74, 6) is 0.160. The first-order valence-electron chi connectivity index (χ1n) is 9.48. The number of nitrogens with one attached hydrogen (secondary N) is 2. The van der Waals surface area contributed by atoms with Crippen LogP contribution >= 0.6 is 11.6 Å². The van der Waals surface area contributed by atoms with Gasteiger partial charge in [-0.1, -0.05) is 23.7 Å². The summed E-state index contributed by atoms with van der Waals surface area (Å²) >= 11 is 5.84. The number of anilines is 3.